The molecule has 0 aliphatic carbocycles. The topological polar surface area (TPSA) is 84.9 Å². The Balaban J connectivity index is 1.78. The standard InChI is InChI=1S/C20H23NO5/c1-15-5-4-7-17(13-15)25-11-12-26-18-8-3-2-6-16(18)14-21-19(22)9-10-20(23)24/h2-8,13H,9-12,14H2,1H3,(H,21,22)(H,23,24). The van der Waals surface area contributed by atoms with E-state index in [4.69, 9.17) is 14.6 Å². The van der Waals surface area contributed by atoms with Crippen LogP contribution in [0.25, 0.3) is 0 Å². The second-order valence-electron chi connectivity index (χ2n) is 5.79. The van der Waals surface area contributed by atoms with Gasteiger partial charge in [0.15, 0.2) is 0 Å². The largest absolute Gasteiger partial charge is 0.490 e. The van der Waals surface area contributed by atoms with E-state index < -0.39 is 5.97 Å². The zero-order chi connectivity index (χ0) is 18.8. The number of rotatable bonds is 10. The highest BCUT2D eigenvalue weighted by molar-refractivity contribution is 5.80. The fourth-order valence-electron chi connectivity index (χ4n) is 2.31. The third-order valence-electron chi connectivity index (χ3n) is 3.61. The van der Waals surface area contributed by atoms with Crippen molar-refractivity contribution in [3.8, 4) is 11.5 Å². The van der Waals surface area contributed by atoms with Crippen LogP contribution in [0.4, 0.5) is 0 Å². The smallest absolute Gasteiger partial charge is 0.303 e. The minimum Gasteiger partial charge on any atom is -0.490 e. The molecule has 0 aromatic heterocycles. The van der Waals surface area contributed by atoms with Crippen LogP contribution in [0, 0.1) is 6.92 Å². The Kier molecular flexibility index (Phi) is 7.49. The van der Waals surface area contributed by atoms with Gasteiger partial charge in [-0.1, -0.05) is 30.3 Å². The maximum atomic E-state index is 11.6. The number of nitrogens with one attached hydrogen (secondary N) is 1. The maximum Gasteiger partial charge on any atom is 0.303 e. The molecule has 0 saturated heterocycles. The van der Waals surface area contributed by atoms with Crippen molar-refractivity contribution in [3.05, 3.63) is 59.7 Å². The van der Waals surface area contributed by atoms with Gasteiger partial charge in [0, 0.05) is 18.5 Å². The summed E-state index contributed by atoms with van der Waals surface area (Å²) in [6.45, 7) is 3.07. The summed E-state index contributed by atoms with van der Waals surface area (Å²) in [5, 5.41) is 11.3. The molecule has 2 N–H and O–H groups in total. The monoisotopic (exact) mass is 357 g/mol. The number of aryl methyl sites for hydroxylation is 1. The number of carbonyl (C=O) groups is 2. The molecular formula is C20H23NO5. The van der Waals surface area contributed by atoms with Gasteiger partial charge in [-0.15, -0.1) is 0 Å². The van der Waals surface area contributed by atoms with E-state index in [9.17, 15) is 9.59 Å². The van der Waals surface area contributed by atoms with Crippen molar-refractivity contribution in [2.24, 2.45) is 0 Å². The van der Waals surface area contributed by atoms with Crippen LogP contribution in [0.2, 0.25) is 0 Å². The number of hydrogen-bond acceptors (Lipinski definition) is 4. The third-order valence-corrected chi connectivity index (χ3v) is 3.61. The molecule has 0 atom stereocenters. The van der Waals surface area contributed by atoms with Gasteiger partial charge in [0.2, 0.25) is 5.91 Å². The summed E-state index contributed by atoms with van der Waals surface area (Å²) in [4.78, 5) is 22.1. The van der Waals surface area contributed by atoms with Crippen LogP contribution in [0.3, 0.4) is 0 Å². The van der Waals surface area contributed by atoms with Crippen molar-refractivity contribution in [1.82, 2.24) is 5.32 Å². The molecule has 0 saturated carbocycles. The van der Waals surface area contributed by atoms with Crippen LogP contribution in [0.5, 0.6) is 11.5 Å². The molecule has 2 aromatic rings. The van der Waals surface area contributed by atoms with E-state index in [-0.39, 0.29) is 25.3 Å². The van der Waals surface area contributed by atoms with Gasteiger partial charge in [-0.2, -0.15) is 0 Å². The molecule has 0 heterocycles. The Hall–Kier alpha value is -3.02. The number of carboxylic acids is 1. The molecule has 2 rings (SSSR count). The van der Waals surface area contributed by atoms with Crippen LogP contribution in [0.15, 0.2) is 48.5 Å². The highest BCUT2D eigenvalue weighted by Gasteiger charge is 2.08. The molecule has 1 amide bonds. The minimum atomic E-state index is -0.988. The molecule has 0 aliphatic rings. The number of ether oxygens (including phenoxy) is 2. The summed E-state index contributed by atoms with van der Waals surface area (Å²) in [7, 11) is 0. The lowest BCUT2D eigenvalue weighted by Crippen LogP contribution is -2.23. The van der Waals surface area contributed by atoms with E-state index in [1.807, 2.05) is 55.5 Å². The zero-order valence-corrected chi connectivity index (χ0v) is 14.7. The van der Waals surface area contributed by atoms with Crippen LogP contribution in [-0.2, 0) is 16.1 Å². The van der Waals surface area contributed by atoms with Crippen molar-refractivity contribution < 1.29 is 24.2 Å². The van der Waals surface area contributed by atoms with Crippen LogP contribution in [-0.4, -0.2) is 30.2 Å². The summed E-state index contributed by atoms with van der Waals surface area (Å²) in [5.41, 5.74) is 1.96. The van der Waals surface area contributed by atoms with Gasteiger partial charge < -0.3 is 19.9 Å². The van der Waals surface area contributed by atoms with Gasteiger partial charge in [-0.25, -0.2) is 0 Å². The Morgan fingerprint density at radius 1 is 1.00 bits per heavy atom. The lowest BCUT2D eigenvalue weighted by atomic mass is 10.2. The van der Waals surface area contributed by atoms with Crippen molar-refractivity contribution in [2.45, 2.75) is 26.3 Å². The van der Waals surface area contributed by atoms with Gasteiger partial charge in [0.1, 0.15) is 24.7 Å². The van der Waals surface area contributed by atoms with Crippen LogP contribution in [0.1, 0.15) is 24.0 Å². The number of amides is 1. The second-order valence-corrected chi connectivity index (χ2v) is 5.79. The molecule has 0 aliphatic heterocycles. The average molecular weight is 357 g/mol. The van der Waals surface area contributed by atoms with Crippen molar-refractivity contribution in [3.63, 3.8) is 0 Å². The number of carboxylic acid groups (broad SMARTS) is 1. The van der Waals surface area contributed by atoms with Crippen LogP contribution >= 0.6 is 0 Å². The number of benzene rings is 2. The number of carbonyl (C=O) groups excluding carboxylic acids is 1. The Labute approximate surface area is 152 Å². The third kappa shape index (κ3) is 6.84. The predicted molar refractivity (Wildman–Crippen MR) is 97.3 cm³/mol. The summed E-state index contributed by atoms with van der Waals surface area (Å²) in [6.07, 6.45) is -0.219. The van der Waals surface area contributed by atoms with Gasteiger partial charge in [-0.05, 0) is 30.7 Å². The molecule has 0 bridgehead atoms. The number of para-hydroxylation sites is 1. The molecule has 138 valence electrons. The molecule has 2 aromatic carbocycles. The quantitative estimate of drug-likeness (QED) is 0.639. The predicted octanol–water partition coefficient (Wildman–Crippen LogP) is 2.93. The van der Waals surface area contributed by atoms with E-state index in [1.54, 1.807) is 0 Å². The zero-order valence-electron chi connectivity index (χ0n) is 14.7. The van der Waals surface area contributed by atoms with Crippen LogP contribution < -0.4 is 14.8 Å². The summed E-state index contributed by atoms with van der Waals surface area (Å²) in [5.74, 6) is 0.175. The van der Waals surface area contributed by atoms with Crippen molar-refractivity contribution in [2.75, 3.05) is 13.2 Å². The summed E-state index contributed by atoms with van der Waals surface area (Å²) >= 11 is 0. The highest BCUT2D eigenvalue weighted by atomic mass is 16.5. The first kappa shape index (κ1) is 19.3. The van der Waals surface area contributed by atoms with E-state index in [0.717, 1.165) is 16.9 Å². The van der Waals surface area contributed by atoms with Gasteiger partial charge in [-0.3, -0.25) is 9.59 Å². The normalized spacial score (nSPS) is 10.2. The summed E-state index contributed by atoms with van der Waals surface area (Å²) < 4.78 is 11.4. The lowest BCUT2D eigenvalue weighted by molar-refractivity contribution is -0.138. The molecule has 6 heteroatoms. The minimum absolute atomic E-state index is 0.0390. The first-order valence-corrected chi connectivity index (χ1v) is 8.43. The van der Waals surface area contributed by atoms with Gasteiger partial charge in [0.05, 0.1) is 6.42 Å². The molecule has 0 spiro atoms. The first-order chi connectivity index (χ1) is 12.5. The fraction of sp³-hybridized carbons (Fsp3) is 0.300. The molecule has 0 fully saturated rings. The first-order valence-electron chi connectivity index (χ1n) is 8.43. The molecule has 26 heavy (non-hydrogen) atoms. The van der Waals surface area contributed by atoms with E-state index in [1.165, 1.54) is 0 Å². The number of aliphatic carboxylic acids is 1. The van der Waals surface area contributed by atoms with Gasteiger partial charge >= 0.3 is 5.97 Å². The maximum absolute atomic E-state index is 11.6. The Morgan fingerprint density at radius 2 is 1.77 bits per heavy atom. The highest BCUT2D eigenvalue weighted by Crippen LogP contribution is 2.18. The van der Waals surface area contributed by atoms with E-state index in [0.29, 0.717) is 19.0 Å². The van der Waals surface area contributed by atoms with Crippen molar-refractivity contribution in [1.29, 1.82) is 0 Å². The van der Waals surface area contributed by atoms with Gasteiger partial charge in [0.25, 0.3) is 0 Å². The lowest BCUT2D eigenvalue weighted by Gasteiger charge is -2.13. The molecule has 0 radical (unpaired) electrons. The average Bonchev–Trinajstić information content (AvgIpc) is 2.62. The second kappa shape index (κ2) is 10.1. The molecule has 6 nitrogen and oxygen atoms in total. The Bertz CT molecular complexity index is 744. The SMILES string of the molecule is Cc1cccc(OCCOc2ccccc2CNC(=O)CCC(=O)O)c1. The van der Waals surface area contributed by atoms with Crippen molar-refractivity contribution >= 4 is 11.9 Å². The molecule has 0 unspecified atom stereocenters. The fourth-order valence-corrected chi connectivity index (χ4v) is 2.31. The summed E-state index contributed by atoms with van der Waals surface area (Å²) in [6, 6.07) is 15.2. The van der Waals surface area contributed by atoms with E-state index >= 15 is 0 Å². The molecular weight excluding hydrogens is 334 g/mol. The number of hydrogen-bond donors (Lipinski definition) is 2. The van der Waals surface area contributed by atoms with E-state index in [2.05, 4.69) is 5.32 Å². The Morgan fingerprint density at radius 3 is 2.54 bits per heavy atom.